The fourth-order valence-electron chi connectivity index (χ4n) is 3.83. The molecule has 2 aromatic heterocycles. The Balaban J connectivity index is 1.96. The normalized spacial score (nSPS) is 11.5. The molecule has 0 radical (unpaired) electrons. The van der Waals surface area contributed by atoms with Crippen LogP contribution >= 0.6 is 0 Å². The number of unbranched alkanes of at least 4 members (excludes halogenated alkanes) is 1. The van der Waals surface area contributed by atoms with Gasteiger partial charge in [0.1, 0.15) is 0 Å². The Labute approximate surface area is 154 Å². The lowest BCUT2D eigenvalue weighted by atomic mass is 9.97. The molecule has 0 fully saturated rings. The van der Waals surface area contributed by atoms with E-state index in [2.05, 4.69) is 60.4 Å². The highest BCUT2D eigenvalue weighted by atomic mass is 14.7. The molecule has 26 heavy (non-hydrogen) atoms. The maximum absolute atomic E-state index is 5.73. The molecule has 3 N–H and O–H groups in total. The van der Waals surface area contributed by atoms with Crippen molar-refractivity contribution in [1.82, 2.24) is 9.97 Å². The Morgan fingerprint density at radius 3 is 2.62 bits per heavy atom. The first-order chi connectivity index (χ1) is 12.7. The van der Waals surface area contributed by atoms with Gasteiger partial charge in [0.25, 0.3) is 0 Å². The summed E-state index contributed by atoms with van der Waals surface area (Å²) in [5.41, 5.74) is 14.2. The van der Waals surface area contributed by atoms with Crippen LogP contribution in [0.15, 0.2) is 48.5 Å². The highest BCUT2D eigenvalue weighted by molar-refractivity contribution is 6.00. The summed E-state index contributed by atoms with van der Waals surface area (Å²) in [6.07, 6.45) is 3.19. The van der Waals surface area contributed by atoms with Gasteiger partial charge >= 0.3 is 0 Å². The maximum Gasteiger partial charge on any atom is 0.0711 e. The molecule has 4 rings (SSSR count). The number of pyridine rings is 1. The van der Waals surface area contributed by atoms with E-state index < -0.39 is 0 Å². The van der Waals surface area contributed by atoms with E-state index in [1.165, 1.54) is 38.7 Å². The third-order valence-corrected chi connectivity index (χ3v) is 5.17. The van der Waals surface area contributed by atoms with Gasteiger partial charge in [-0.2, -0.15) is 0 Å². The van der Waals surface area contributed by atoms with Gasteiger partial charge in [-0.15, -0.1) is 0 Å². The van der Waals surface area contributed by atoms with Gasteiger partial charge in [-0.05, 0) is 62.9 Å². The van der Waals surface area contributed by atoms with Crippen molar-refractivity contribution >= 4 is 21.8 Å². The standard InChI is InChI=1S/C23H25N3/c1-15-7-5-9-19-20(8-3-4-14-24)23(26-22(15)19)18-10-6-11-21-17(18)13-12-16(2)25-21/h5-7,9-13,26H,3-4,8,14,24H2,1-2H3. The van der Waals surface area contributed by atoms with Crippen LogP contribution in [0, 0.1) is 13.8 Å². The Hall–Kier alpha value is -2.65. The van der Waals surface area contributed by atoms with Crippen LogP contribution in [0.4, 0.5) is 0 Å². The van der Waals surface area contributed by atoms with E-state index in [9.17, 15) is 0 Å². The number of fused-ring (bicyclic) bond motifs is 2. The van der Waals surface area contributed by atoms with Gasteiger partial charge in [-0.25, -0.2) is 0 Å². The average molecular weight is 343 g/mol. The number of nitrogens with two attached hydrogens (primary N) is 1. The number of para-hydroxylation sites is 1. The van der Waals surface area contributed by atoms with Crippen molar-refractivity contribution in [2.75, 3.05) is 6.54 Å². The van der Waals surface area contributed by atoms with Gasteiger partial charge in [0, 0.05) is 27.5 Å². The lowest BCUT2D eigenvalue weighted by molar-refractivity contribution is 0.748. The molecule has 3 heteroatoms. The summed E-state index contributed by atoms with van der Waals surface area (Å²) in [5, 5.41) is 2.52. The molecule has 0 atom stereocenters. The summed E-state index contributed by atoms with van der Waals surface area (Å²) in [6.45, 7) is 4.95. The lowest BCUT2D eigenvalue weighted by Gasteiger charge is -2.09. The molecule has 2 aromatic carbocycles. The minimum Gasteiger partial charge on any atom is -0.354 e. The molecule has 2 heterocycles. The maximum atomic E-state index is 5.73. The van der Waals surface area contributed by atoms with Crippen LogP contribution < -0.4 is 5.73 Å². The van der Waals surface area contributed by atoms with E-state index >= 15 is 0 Å². The number of aromatic amines is 1. The molecular weight excluding hydrogens is 318 g/mol. The number of aromatic nitrogens is 2. The van der Waals surface area contributed by atoms with E-state index in [0.29, 0.717) is 0 Å². The number of hydrogen-bond donors (Lipinski definition) is 2. The Morgan fingerprint density at radius 2 is 1.77 bits per heavy atom. The number of H-pyrrole nitrogens is 1. The Kier molecular flexibility index (Phi) is 4.48. The van der Waals surface area contributed by atoms with E-state index in [0.717, 1.165) is 37.0 Å². The molecule has 132 valence electrons. The van der Waals surface area contributed by atoms with E-state index in [1.54, 1.807) is 0 Å². The van der Waals surface area contributed by atoms with Crippen molar-refractivity contribution in [2.24, 2.45) is 5.73 Å². The van der Waals surface area contributed by atoms with Crippen LogP contribution in [-0.4, -0.2) is 16.5 Å². The molecule has 0 aliphatic carbocycles. The first-order valence-corrected chi connectivity index (χ1v) is 9.36. The predicted molar refractivity (Wildman–Crippen MR) is 111 cm³/mol. The quantitative estimate of drug-likeness (QED) is 0.484. The molecule has 0 unspecified atom stereocenters. The minimum absolute atomic E-state index is 0.744. The van der Waals surface area contributed by atoms with Crippen molar-refractivity contribution in [3.05, 3.63) is 65.4 Å². The first kappa shape index (κ1) is 16.8. The Bertz CT molecular complexity index is 1080. The summed E-state index contributed by atoms with van der Waals surface area (Å²) < 4.78 is 0. The molecule has 0 bridgehead atoms. The first-order valence-electron chi connectivity index (χ1n) is 9.36. The fourth-order valence-corrected chi connectivity index (χ4v) is 3.83. The van der Waals surface area contributed by atoms with Gasteiger partial charge in [-0.1, -0.05) is 36.4 Å². The minimum atomic E-state index is 0.744. The van der Waals surface area contributed by atoms with Crippen molar-refractivity contribution in [1.29, 1.82) is 0 Å². The van der Waals surface area contributed by atoms with Crippen LogP contribution in [0.1, 0.15) is 29.7 Å². The van der Waals surface area contributed by atoms with Gasteiger partial charge in [0.2, 0.25) is 0 Å². The number of nitrogens with one attached hydrogen (secondary N) is 1. The average Bonchev–Trinajstić information content (AvgIpc) is 3.01. The second-order valence-electron chi connectivity index (χ2n) is 7.05. The smallest absolute Gasteiger partial charge is 0.0711 e. The number of nitrogens with zero attached hydrogens (tertiary/aromatic N) is 1. The molecule has 3 nitrogen and oxygen atoms in total. The van der Waals surface area contributed by atoms with Crippen molar-refractivity contribution in [3.8, 4) is 11.3 Å². The number of benzene rings is 2. The molecule has 0 saturated heterocycles. The predicted octanol–water partition coefficient (Wildman–Crippen LogP) is 5.28. The topological polar surface area (TPSA) is 54.7 Å². The monoisotopic (exact) mass is 343 g/mol. The summed E-state index contributed by atoms with van der Waals surface area (Å²) in [4.78, 5) is 8.43. The summed E-state index contributed by atoms with van der Waals surface area (Å²) >= 11 is 0. The Morgan fingerprint density at radius 1 is 0.923 bits per heavy atom. The molecule has 0 saturated carbocycles. The third-order valence-electron chi connectivity index (χ3n) is 5.17. The second kappa shape index (κ2) is 6.93. The van der Waals surface area contributed by atoms with Crippen molar-refractivity contribution in [2.45, 2.75) is 33.1 Å². The zero-order valence-corrected chi connectivity index (χ0v) is 15.5. The molecule has 0 aliphatic heterocycles. The molecule has 0 amide bonds. The van der Waals surface area contributed by atoms with Crippen LogP contribution in [0.25, 0.3) is 33.1 Å². The summed E-state index contributed by atoms with van der Waals surface area (Å²) in [6, 6.07) is 17.2. The fraction of sp³-hybridized carbons (Fsp3) is 0.261. The summed E-state index contributed by atoms with van der Waals surface area (Å²) in [5.74, 6) is 0. The van der Waals surface area contributed by atoms with Crippen LogP contribution in [0.5, 0.6) is 0 Å². The van der Waals surface area contributed by atoms with Gasteiger partial charge in [-0.3, -0.25) is 4.98 Å². The third kappa shape index (κ3) is 2.89. The molecule has 4 aromatic rings. The largest absolute Gasteiger partial charge is 0.354 e. The van der Waals surface area contributed by atoms with Crippen molar-refractivity contribution in [3.63, 3.8) is 0 Å². The van der Waals surface area contributed by atoms with Crippen LogP contribution in [0.2, 0.25) is 0 Å². The molecular formula is C23H25N3. The molecule has 0 aliphatic rings. The number of aryl methyl sites for hydroxylation is 3. The molecule has 0 spiro atoms. The van der Waals surface area contributed by atoms with Crippen molar-refractivity contribution < 1.29 is 0 Å². The second-order valence-corrected chi connectivity index (χ2v) is 7.05. The zero-order valence-electron chi connectivity index (χ0n) is 15.5. The highest BCUT2D eigenvalue weighted by Gasteiger charge is 2.16. The van der Waals surface area contributed by atoms with E-state index in [1.807, 2.05) is 6.92 Å². The van der Waals surface area contributed by atoms with E-state index in [4.69, 9.17) is 10.7 Å². The zero-order chi connectivity index (χ0) is 18.1. The SMILES string of the molecule is Cc1ccc2c(-c3[nH]c4c(C)cccc4c3CCCCN)cccc2n1. The van der Waals surface area contributed by atoms with Crippen LogP contribution in [-0.2, 0) is 6.42 Å². The van der Waals surface area contributed by atoms with Crippen LogP contribution in [0.3, 0.4) is 0 Å². The van der Waals surface area contributed by atoms with Gasteiger partial charge in [0.15, 0.2) is 0 Å². The summed E-state index contributed by atoms with van der Waals surface area (Å²) in [7, 11) is 0. The van der Waals surface area contributed by atoms with Gasteiger partial charge < -0.3 is 10.7 Å². The number of rotatable bonds is 5. The lowest BCUT2D eigenvalue weighted by Crippen LogP contribution is -1.99. The van der Waals surface area contributed by atoms with Gasteiger partial charge in [0.05, 0.1) is 11.2 Å². The number of hydrogen-bond acceptors (Lipinski definition) is 2. The highest BCUT2D eigenvalue weighted by Crippen LogP contribution is 2.36. The van der Waals surface area contributed by atoms with E-state index in [-0.39, 0.29) is 0 Å².